The Balaban J connectivity index is 1.59. The molecule has 0 saturated carbocycles. The maximum Gasteiger partial charge on any atom is 0.322 e. The molecule has 0 aliphatic carbocycles. The molecular formula is C23H20F2N4O3. The van der Waals surface area contributed by atoms with Crippen LogP contribution in [-0.4, -0.2) is 47.3 Å². The molecule has 0 saturated heterocycles. The number of benzene rings is 2. The summed E-state index contributed by atoms with van der Waals surface area (Å²) in [6.45, 7) is 3.59. The van der Waals surface area contributed by atoms with E-state index in [1.165, 1.54) is 58.3 Å². The molecule has 164 valence electrons. The topological polar surface area (TPSA) is 81.8 Å². The second-order valence-corrected chi connectivity index (χ2v) is 7.41. The molecule has 2 aromatic rings. The average molecular weight is 438 g/mol. The van der Waals surface area contributed by atoms with Crippen LogP contribution in [0.25, 0.3) is 0 Å². The summed E-state index contributed by atoms with van der Waals surface area (Å²) in [7, 11) is 0. The van der Waals surface area contributed by atoms with E-state index in [9.17, 15) is 23.2 Å². The Labute approximate surface area is 183 Å². The lowest BCUT2D eigenvalue weighted by Gasteiger charge is -2.33. The van der Waals surface area contributed by atoms with E-state index in [0.717, 1.165) is 0 Å². The minimum Gasteiger partial charge on any atom is -0.326 e. The number of urea groups is 1. The third-order valence-corrected chi connectivity index (χ3v) is 5.25. The van der Waals surface area contributed by atoms with Crippen LogP contribution in [-0.2, 0) is 9.59 Å². The zero-order valence-corrected chi connectivity index (χ0v) is 17.0. The fraction of sp³-hybridized carbons (Fsp3) is 0.174. The summed E-state index contributed by atoms with van der Waals surface area (Å²) in [6, 6.07) is 9.63. The van der Waals surface area contributed by atoms with Gasteiger partial charge in [0.2, 0.25) is 5.91 Å². The number of amides is 4. The zero-order chi connectivity index (χ0) is 22.8. The Hall–Kier alpha value is -4.01. The van der Waals surface area contributed by atoms with Crippen molar-refractivity contribution >= 4 is 23.5 Å². The van der Waals surface area contributed by atoms with Gasteiger partial charge in [0.25, 0.3) is 5.91 Å². The van der Waals surface area contributed by atoms with Gasteiger partial charge in [0.1, 0.15) is 18.2 Å². The lowest BCUT2D eigenvalue weighted by molar-refractivity contribution is -0.130. The molecule has 2 heterocycles. The van der Waals surface area contributed by atoms with Gasteiger partial charge in [0.15, 0.2) is 0 Å². The first-order valence-electron chi connectivity index (χ1n) is 9.89. The largest absolute Gasteiger partial charge is 0.326 e. The van der Waals surface area contributed by atoms with Crippen LogP contribution in [0.3, 0.4) is 0 Å². The van der Waals surface area contributed by atoms with Crippen molar-refractivity contribution in [3.63, 3.8) is 0 Å². The van der Waals surface area contributed by atoms with E-state index in [1.54, 1.807) is 6.07 Å². The van der Waals surface area contributed by atoms with Crippen LogP contribution < -0.4 is 10.6 Å². The van der Waals surface area contributed by atoms with Gasteiger partial charge < -0.3 is 15.5 Å². The standard InChI is InChI=1S/C23H20F2N4O3/c1-2-10-29-18-12-28(13-19(30)26-17-8-6-15(24)7-9-17)22(31)20(18)21(27-23(29)32)14-4-3-5-16(25)11-14/h2-9,11,21H,1,10,12-13H2,(H,26,30)(H,27,32)/t21-/m1/s1. The van der Waals surface area contributed by atoms with Crippen molar-refractivity contribution < 1.29 is 23.2 Å². The van der Waals surface area contributed by atoms with Crippen molar-refractivity contribution in [2.24, 2.45) is 0 Å². The fourth-order valence-corrected chi connectivity index (χ4v) is 3.84. The van der Waals surface area contributed by atoms with Gasteiger partial charge >= 0.3 is 6.03 Å². The summed E-state index contributed by atoms with van der Waals surface area (Å²) >= 11 is 0. The summed E-state index contributed by atoms with van der Waals surface area (Å²) in [4.78, 5) is 41.1. The molecule has 0 fully saturated rings. The Bertz CT molecular complexity index is 1130. The maximum atomic E-state index is 13.8. The van der Waals surface area contributed by atoms with Crippen LogP contribution in [0.4, 0.5) is 19.3 Å². The Morgan fingerprint density at radius 1 is 1.16 bits per heavy atom. The van der Waals surface area contributed by atoms with E-state index in [1.807, 2.05) is 0 Å². The molecule has 0 spiro atoms. The number of nitrogens with zero attached hydrogens (tertiary/aromatic N) is 2. The highest BCUT2D eigenvalue weighted by Gasteiger charge is 2.44. The Kier molecular flexibility index (Phi) is 5.72. The fourth-order valence-electron chi connectivity index (χ4n) is 3.84. The minimum atomic E-state index is -0.841. The lowest BCUT2D eigenvalue weighted by atomic mass is 9.95. The third-order valence-electron chi connectivity index (χ3n) is 5.25. The van der Waals surface area contributed by atoms with Crippen LogP contribution in [0.2, 0.25) is 0 Å². The number of rotatable bonds is 6. The maximum absolute atomic E-state index is 13.8. The van der Waals surface area contributed by atoms with E-state index < -0.39 is 35.5 Å². The number of halogens is 2. The van der Waals surface area contributed by atoms with Crippen LogP contribution in [0.5, 0.6) is 0 Å². The van der Waals surface area contributed by atoms with Gasteiger partial charge in [-0.05, 0) is 42.0 Å². The normalized spacial score (nSPS) is 17.9. The average Bonchev–Trinajstić information content (AvgIpc) is 3.07. The molecule has 1 atom stereocenters. The molecule has 32 heavy (non-hydrogen) atoms. The van der Waals surface area contributed by atoms with Crippen LogP contribution in [0, 0.1) is 11.6 Å². The molecule has 2 N–H and O–H groups in total. The second-order valence-electron chi connectivity index (χ2n) is 7.41. The number of nitrogens with one attached hydrogen (secondary N) is 2. The summed E-state index contributed by atoms with van der Waals surface area (Å²) < 4.78 is 26.9. The van der Waals surface area contributed by atoms with E-state index in [0.29, 0.717) is 16.9 Å². The predicted octanol–water partition coefficient (Wildman–Crippen LogP) is 2.95. The predicted molar refractivity (Wildman–Crippen MR) is 113 cm³/mol. The van der Waals surface area contributed by atoms with Gasteiger partial charge in [-0.25, -0.2) is 13.6 Å². The molecule has 4 rings (SSSR count). The minimum absolute atomic E-state index is 0.0398. The molecule has 9 heteroatoms. The quantitative estimate of drug-likeness (QED) is 0.681. The monoisotopic (exact) mass is 438 g/mol. The van der Waals surface area contributed by atoms with Gasteiger partial charge in [-0.2, -0.15) is 0 Å². The molecule has 7 nitrogen and oxygen atoms in total. The van der Waals surface area contributed by atoms with E-state index in [2.05, 4.69) is 17.2 Å². The summed E-state index contributed by atoms with van der Waals surface area (Å²) in [5.74, 6) is -1.83. The van der Waals surface area contributed by atoms with Gasteiger partial charge in [-0.15, -0.1) is 6.58 Å². The molecule has 0 aromatic heterocycles. The molecule has 0 unspecified atom stereocenters. The second kappa shape index (κ2) is 8.62. The van der Waals surface area contributed by atoms with E-state index >= 15 is 0 Å². The van der Waals surface area contributed by atoms with Crippen LogP contribution in [0.1, 0.15) is 11.6 Å². The highest BCUT2D eigenvalue weighted by atomic mass is 19.1. The Morgan fingerprint density at radius 2 is 1.91 bits per heavy atom. The van der Waals surface area contributed by atoms with Gasteiger partial charge in [0, 0.05) is 12.2 Å². The smallest absolute Gasteiger partial charge is 0.322 e. The van der Waals surface area contributed by atoms with Crippen molar-refractivity contribution in [2.45, 2.75) is 6.04 Å². The lowest BCUT2D eigenvalue weighted by Crippen LogP contribution is -2.47. The first-order valence-corrected chi connectivity index (χ1v) is 9.89. The summed E-state index contributed by atoms with van der Waals surface area (Å²) in [5.41, 5.74) is 1.55. The first-order chi connectivity index (χ1) is 15.4. The number of carbonyl (C=O) groups is 3. The molecule has 2 aromatic carbocycles. The molecule has 0 bridgehead atoms. The third kappa shape index (κ3) is 4.09. The molecule has 4 amide bonds. The van der Waals surface area contributed by atoms with E-state index in [-0.39, 0.29) is 25.2 Å². The van der Waals surface area contributed by atoms with Crippen LogP contribution in [0.15, 0.2) is 72.5 Å². The van der Waals surface area contributed by atoms with Crippen molar-refractivity contribution in [1.29, 1.82) is 0 Å². The van der Waals surface area contributed by atoms with Gasteiger partial charge in [-0.1, -0.05) is 18.2 Å². The highest BCUT2D eigenvalue weighted by molar-refractivity contribution is 6.04. The SMILES string of the molecule is C=CCN1C(=O)N[C@H](c2cccc(F)c2)C2=C1CN(CC(=O)Nc1ccc(F)cc1)C2=O. The van der Waals surface area contributed by atoms with Gasteiger partial charge in [0.05, 0.1) is 23.9 Å². The summed E-state index contributed by atoms with van der Waals surface area (Å²) in [5, 5.41) is 5.36. The number of hydrogen-bond acceptors (Lipinski definition) is 3. The van der Waals surface area contributed by atoms with Crippen molar-refractivity contribution in [1.82, 2.24) is 15.1 Å². The highest BCUT2D eigenvalue weighted by Crippen LogP contribution is 2.36. The molecular weight excluding hydrogens is 418 g/mol. The number of hydrogen-bond donors (Lipinski definition) is 2. The molecule has 2 aliphatic rings. The van der Waals surface area contributed by atoms with Crippen molar-refractivity contribution in [3.05, 3.63) is 89.7 Å². The molecule has 0 radical (unpaired) electrons. The zero-order valence-electron chi connectivity index (χ0n) is 17.0. The number of anilines is 1. The van der Waals surface area contributed by atoms with Crippen molar-refractivity contribution in [3.8, 4) is 0 Å². The van der Waals surface area contributed by atoms with E-state index in [4.69, 9.17) is 0 Å². The van der Waals surface area contributed by atoms with Gasteiger partial charge in [-0.3, -0.25) is 14.5 Å². The molecule has 2 aliphatic heterocycles. The van der Waals surface area contributed by atoms with Crippen molar-refractivity contribution in [2.75, 3.05) is 25.0 Å². The number of carbonyl (C=O) groups excluding carboxylic acids is 3. The first kappa shape index (κ1) is 21.2. The van der Waals surface area contributed by atoms with Crippen LogP contribution >= 0.6 is 0 Å². The Morgan fingerprint density at radius 3 is 2.59 bits per heavy atom. The summed E-state index contributed by atoms with van der Waals surface area (Å²) in [6.07, 6.45) is 1.53.